The molecule has 0 aliphatic carbocycles. The lowest BCUT2D eigenvalue weighted by Gasteiger charge is -2.18. The van der Waals surface area contributed by atoms with Crippen molar-refractivity contribution in [3.8, 4) is 0 Å². The van der Waals surface area contributed by atoms with Crippen molar-refractivity contribution in [1.29, 1.82) is 0 Å². The molecular weight excluding hydrogens is 242 g/mol. The summed E-state index contributed by atoms with van der Waals surface area (Å²) >= 11 is 0. The zero-order valence-corrected chi connectivity index (χ0v) is 13.0. The number of imidazole rings is 1. The maximum atomic E-state index is 10.5. The molecule has 1 aliphatic rings. The number of amides is 1. The van der Waals surface area contributed by atoms with Gasteiger partial charge in [-0.15, -0.1) is 0 Å². The first kappa shape index (κ1) is 17.5. The standard InChI is InChI=1S/C6H8N2.C6H13NO2.C2H6/c1-2-6-7-3-5-8(6)4-1;1-6(2,3)7-5(8)9-4;1-2/h3,5H,1-2,4H2;1-4H3,(H,7,8);1-2H3. The van der Waals surface area contributed by atoms with Gasteiger partial charge in [0.25, 0.3) is 0 Å². The molecule has 1 aromatic heterocycles. The number of carbonyl (C=O) groups is 1. The van der Waals surface area contributed by atoms with Crippen molar-refractivity contribution in [3.63, 3.8) is 0 Å². The van der Waals surface area contributed by atoms with Crippen LogP contribution in [0.15, 0.2) is 12.4 Å². The number of hydrogen-bond donors (Lipinski definition) is 1. The van der Waals surface area contributed by atoms with Crippen LogP contribution in [0, 0.1) is 0 Å². The second-order valence-electron chi connectivity index (χ2n) is 5.01. The molecule has 0 unspecified atom stereocenters. The lowest BCUT2D eigenvalue weighted by Crippen LogP contribution is -2.40. The molecule has 1 N–H and O–H groups in total. The Bertz CT molecular complexity index is 349. The number of carbonyl (C=O) groups excluding carboxylic acids is 1. The predicted molar refractivity (Wildman–Crippen MR) is 77.2 cm³/mol. The second-order valence-corrected chi connectivity index (χ2v) is 5.01. The minimum absolute atomic E-state index is 0.201. The number of aromatic nitrogens is 2. The van der Waals surface area contributed by atoms with Gasteiger partial charge in [0.05, 0.1) is 7.11 Å². The molecule has 1 aromatic rings. The van der Waals surface area contributed by atoms with E-state index in [2.05, 4.69) is 19.6 Å². The van der Waals surface area contributed by atoms with Crippen LogP contribution >= 0.6 is 0 Å². The zero-order chi connectivity index (χ0) is 14.9. The fraction of sp³-hybridized carbons (Fsp3) is 0.714. The quantitative estimate of drug-likeness (QED) is 0.787. The van der Waals surface area contributed by atoms with E-state index in [1.165, 1.54) is 32.3 Å². The van der Waals surface area contributed by atoms with Crippen LogP contribution in [0.1, 0.15) is 46.9 Å². The highest BCUT2D eigenvalue weighted by atomic mass is 16.5. The average molecular weight is 269 g/mol. The minimum atomic E-state index is -0.387. The highest BCUT2D eigenvalue weighted by Crippen LogP contribution is 2.10. The van der Waals surface area contributed by atoms with Crippen LogP contribution in [0.25, 0.3) is 0 Å². The van der Waals surface area contributed by atoms with Crippen molar-refractivity contribution in [1.82, 2.24) is 14.9 Å². The summed E-state index contributed by atoms with van der Waals surface area (Å²) in [6.07, 6.45) is 5.98. The molecular formula is C14H27N3O2. The number of methoxy groups -OCH3 is 1. The van der Waals surface area contributed by atoms with E-state index in [-0.39, 0.29) is 11.6 Å². The van der Waals surface area contributed by atoms with Crippen molar-refractivity contribution >= 4 is 6.09 Å². The molecule has 0 atom stereocenters. The number of hydrogen-bond acceptors (Lipinski definition) is 3. The molecule has 2 heterocycles. The molecule has 0 saturated heterocycles. The van der Waals surface area contributed by atoms with Gasteiger partial charge < -0.3 is 14.6 Å². The molecule has 19 heavy (non-hydrogen) atoms. The van der Waals surface area contributed by atoms with Gasteiger partial charge in [-0.05, 0) is 27.2 Å². The number of ether oxygens (including phenoxy) is 1. The summed E-state index contributed by atoms with van der Waals surface area (Å²) in [5.74, 6) is 1.25. The SMILES string of the molecule is CC.COC(=O)NC(C)(C)C.c1cn2c(n1)CCC2. The smallest absolute Gasteiger partial charge is 0.407 e. The van der Waals surface area contributed by atoms with Crippen molar-refractivity contribution in [2.24, 2.45) is 0 Å². The molecule has 2 rings (SSSR count). The number of nitrogens with zero attached hydrogens (tertiary/aromatic N) is 2. The maximum absolute atomic E-state index is 10.5. The Labute approximate surface area is 116 Å². The fourth-order valence-electron chi connectivity index (χ4n) is 1.54. The number of alkyl carbamates (subject to hydrolysis) is 1. The molecule has 1 aliphatic heterocycles. The van der Waals surface area contributed by atoms with E-state index >= 15 is 0 Å². The van der Waals surface area contributed by atoms with Gasteiger partial charge >= 0.3 is 6.09 Å². The van der Waals surface area contributed by atoms with Crippen LogP contribution in [0.5, 0.6) is 0 Å². The van der Waals surface area contributed by atoms with E-state index in [9.17, 15) is 4.79 Å². The fourth-order valence-corrected chi connectivity index (χ4v) is 1.54. The Morgan fingerprint density at radius 3 is 2.47 bits per heavy atom. The Morgan fingerprint density at radius 1 is 1.42 bits per heavy atom. The molecule has 0 radical (unpaired) electrons. The van der Waals surface area contributed by atoms with Crippen molar-refractivity contribution in [3.05, 3.63) is 18.2 Å². The Balaban J connectivity index is 0.000000302. The van der Waals surface area contributed by atoms with E-state index in [1.54, 1.807) is 0 Å². The van der Waals surface area contributed by atoms with E-state index < -0.39 is 0 Å². The molecule has 1 amide bonds. The normalized spacial score (nSPS) is 12.3. The molecule has 0 fully saturated rings. The van der Waals surface area contributed by atoms with E-state index in [0.717, 1.165) is 0 Å². The van der Waals surface area contributed by atoms with Gasteiger partial charge in [0.2, 0.25) is 0 Å². The lowest BCUT2D eigenvalue weighted by molar-refractivity contribution is 0.161. The largest absolute Gasteiger partial charge is 0.453 e. The summed E-state index contributed by atoms with van der Waals surface area (Å²) < 4.78 is 6.58. The van der Waals surface area contributed by atoms with Crippen LogP contribution < -0.4 is 5.32 Å². The summed E-state index contributed by atoms with van der Waals surface area (Å²) in [4.78, 5) is 14.7. The molecule has 0 bridgehead atoms. The van der Waals surface area contributed by atoms with Crippen molar-refractivity contribution in [2.45, 2.75) is 59.5 Å². The predicted octanol–water partition coefficient (Wildman–Crippen LogP) is 3.00. The van der Waals surface area contributed by atoms with Crippen LogP contribution in [0.3, 0.4) is 0 Å². The van der Waals surface area contributed by atoms with Crippen LogP contribution in [-0.4, -0.2) is 28.3 Å². The Morgan fingerprint density at radius 2 is 2.05 bits per heavy atom. The average Bonchev–Trinajstić information content (AvgIpc) is 2.92. The van der Waals surface area contributed by atoms with E-state index in [0.29, 0.717) is 0 Å². The third-order valence-electron chi connectivity index (χ3n) is 2.26. The number of fused-ring (bicyclic) bond motifs is 1. The zero-order valence-electron chi connectivity index (χ0n) is 13.0. The number of nitrogens with one attached hydrogen (secondary N) is 1. The number of rotatable bonds is 0. The van der Waals surface area contributed by atoms with Gasteiger partial charge in [-0.2, -0.15) is 0 Å². The Kier molecular flexibility index (Phi) is 7.87. The Hall–Kier alpha value is -1.52. The van der Waals surface area contributed by atoms with E-state index in [4.69, 9.17) is 0 Å². The van der Waals surface area contributed by atoms with Gasteiger partial charge in [-0.25, -0.2) is 9.78 Å². The summed E-state index contributed by atoms with van der Waals surface area (Å²) in [7, 11) is 1.35. The van der Waals surface area contributed by atoms with Crippen molar-refractivity contribution < 1.29 is 9.53 Å². The van der Waals surface area contributed by atoms with Gasteiger partial charge in [0.15, 0.2) is 0 Å². The topological polar surface area (TPSA) is 56.1 Å². The first-order valence-electron chi connectivity index (χ1n) is 6.78. The van der Waals surface area contributed by atoms with Gasteiger partial charge in [0.1, 0.15) is 5.82 Å². The van der Waals surface area contributed by atoms with Crippen LogP contribution in [-0.2, 0) is 17.7 Å². The molecule has 5 heteroatoms. The summed E-state index contributed by atoms with van der Waals surface area (Å²) in [6.45, 7) is 10.9. The highest BCUT2D eigenvalue weighted by Gasteiger charge is 2.12. The minimum Gasteiger partial charge on any atom is -0.453 e. The molecule has 0 saturated carbocycles. The van der Waals surface area contributed by atoms with Crippen LogP contribution in [0.2, 0.25) is 0 Å². The molecule has 0 aromatic carbocycles. The lowest BCUT2D eigenvalue weighted by atomic mass is 10.1. The summed E-state index contributed by atoms with van der Waals surface area (Å²) in [6, 6.07) is 0. The first-order valence-corrected chi connectivity index (χ1v) is 6.78. The first-order chi connectivity index (χ1) is 8.92. The molecule has 0 spiro atoms. The molecule has 110 valence electrons. The summed E-state index contributed by atoms with van der Waals surface area (Å²) in [5, 5.41) is 2.61. The monoisotopic (exact) mass is 269 g/mol. The third-order valence-corrected chi connectivity index (χ3v) is 2.26. The van der Waals surface area contributed by atoms with E-state index in [1.807, 2.05) is 47.0 Å². The maximum Gasteiger partial charge on any atom is 0.407 e. The second kappa shape index (κ2) is 8.56. The van der Waals surface area contributed by atoms with Gasteiger partial charge in [-0.3, -0.25) is 0 Å². The summed E-state index contributed by atoms with van der Waals surface area (Å²) in [5.41, 5.74) is -0.201. The molecule has 5 nitrogen and oxygen atoms in total. The highest BCUT2D eigenvalue weighted by molar-refractivity contribution is 5.67. The third kappa shape index (κ3) is 7.49. The van der Waals surface area contributed by atoms with Gasteiger partial charge in [0, 0.05) is 30.9 Å². The van der Waals surface area contributed by atoms with Crippen LogP contribution in [0.4, 0.5) is 4.79 Å². The van der Waals surface area contributed by atoms with Gasteiger partial charge in [-0.1, -0.05) is 13.8 Å². The van der Waals surface area contributed by atoms with Crippen molar-refractivity contribution in [2.75, 3.05) is 7.11 Å². The number of aryl methyl sites for hydroxylation is 2.